The van der Waals surface area contributed by atoms with Gasteiger partial charge in [-0.2, -0.15) is 0 Å². The average Bonchev–Trinajstić information content (AvgIpc) is 2.23. The van der Waals surface area contributed by atoms with Crippen molar-refractivity contribution in [1.82, 2.24) is 0 Å². The molecule has 0 spiro atoms. The van der Waals surface area contributed by atoms with Gasteiger partial charge >= 0.3 is 0 Å². The Bertz CT molecular complexity index is 328. The van der Waals surface area contributed by atoms with E-state index in [4.69, 9.17) is 11.6 Å². The number of aliphatic hydroxyl groups is 1. The highest BCUT2D eigenvalue weighted by molar-refractivity contribution is 6.30. The monoisotopic (exact) mass is 244 g/mol. The zero-order chi connectivity index (χ0) is 12.0. The number of unbranched alkanes of at least 4 members (excludes halogenated alkanes) is 2. The fraction of sp³-hybridized carbons (Fsp3) is 0.538. The van der Waals surface area contributed by atoms with Gasteiger partial charge < -0.3 is 5.11 Å². The summed E-state index contributed by atoms with van der Waals surface area (Å²) in [6, 6.07) is 4.58. The molecular weight excluding hydrogens is 227 g/mol. The molecule has 1 rings (SSSR count). The van der Waals surface area contributed by atoms with Crippen molar-refractivity contribution in [1.29, 1.82) is 0 Å². The standard InChI is InChI=1S/C13H18ClFO/c1-2-3-4-5-12(16)8-10-6-7-11(14)9-13(10)15/h6-7,9,12,16H,2-5,8H2,1H3. The summed E-state index contributed by atoms with van der Waals surface area (Å²) in [6.45, 7) is 2.12. The quantitative estimate of drug-likeness (QED) is 0.751. The maximum absolute atomic E-state index is 13.4. The van der Waals surface area contributed by atoms with E-state index in [0.717, 1.165) is 25.7 Å². The van der Waals surface area contributed by atoms with Crippen LogP contribution in [-0.2, 0) is 6.42 Å². The van der Waals surface area contributed by atoms with Gasteiger partial charge in [-0.15, -0.1) is 0 Å². The maximum Gasteiger partial charge on any atom is 0.127 e. The van der Waals surface area contributed by atoms with Crippen LogP contribution in [0.5, 0.6) is 0 Å². The van der Waals surface area contributed by atoms with E-state index in [1.165, 1.54) is 6.07 Å². The van der Waals surface area contributed by atoms with E-state index < -0.39 is 6.10 Å². The van der Waals surface area contributed by atoms with E-state index in [0.29, 0.717) is 17.0 Å². The van der Waals surface area contributed by atoms with E-state index in [9.17, 15) is 9.50 Å². The molecule has 1 nitrogen and oxygen atoms in total. The molecule has 1 unspecified atom stereocenters. The summed E-state index contributed by atoms with van der Waals surface area (Å²) < 4.78 is 13.4. The molecule has 0 aliphatic carbocycles. The average molecular weight is 245 g/mol. The van der Waals surface area contributed by atoms with Crippen LogP contribution in [0.4, 0.5) is 4.39 Å². The number of hydrogen-bond acceptors (Lipinski definition) is 1. The van der Waals surface area contributed by atoms with Crippen LogP contribution in [0, 0.1) is 5.82 Å². The third-order valence-corrected chi connectivity index (χ3v) is 2.85. The zero-order valence-electron chi connectivity index (χ0n) is 9.55. The second-order valence-electron chi connectivity index (χ2n) is 4.09. The molecule has 1 N–H and O–H groups in total. The highest BCUT2D eigenvalue weighted by atomic mass is 35.5. The summed E-state index contributed by atoms with van der Waals surface area (Å²) in [5.74, 6) is -0.331. The fourth-order valence-electron chi connectivity index (χ4n) is 1.67. The first-order valence-corrected chi connectivity index (χ1v) is 6.13. The van der Waals surface area contributed by atoms with Gasteiger partial charge in [0.05, 0.1) is 6.10 Å². The van der Waals surface area contributed by atoms with E-state index in [1.807, 2.05) is 0 Å². The Kier molecular flexibility index (Phi) is 5.78. The third-order valence-electron chi connectivity index (χ3n) is 2.61. The Hall–Kier alpha value is -0.600. The molecule has 0 bridgehead atoms. The van der Waals surface area contributed by atoms with Gasteiger partial charge in [-0.3, -0.25) is 0 Å². The molecule has 0 heterocycles. The normalized spacial score (nSPS) is 12.8. The van der Waals surface area contributed by atoms with Gasteiger partial charge in [0, 0.05) is 11.4 Å². The van der Waals surface area contributed by atoms with Gasteiger partial charge in [0.2, 0.25) is 0 Å². The first-order chi connectivity index (χ1) is 7.63. The van der Waals surface area contributed by atoms with Crippen LogP contribution in [0.15, 0.2) is 18.2 Å². The Morgan fingerprint density at radius 1 is 1.38 bits per heavy atom. The second-order valence-corrected chi connectivity index (χ2v) is 4.53. The summed E-state index contributed by atoms with van der Waals surface area (Å²) >= 11 is 5.65. The van der Waals surface area contributed by atoms with E-state index in [2.05, 4.69) is 6.92 Å². The topological polar surface area (TPSA) is 20.2 Å². The zero-order valence-corrected chi connectivity index (χ0v) is 10.3. The fourth-order valence-corrected chi connectivity index (χ4v) is 1.83. The Labute approximate surface area is 101 Å². The largest absolute Gasteiger partial charge is 0.393 e. The molecule has 1 atom stereocenters. The van der Waals surface area contributed by atoms with Crippen molar-refractivity contribution in [3.63, 3.8) is 0 Å². The molecule has 90 valence electrons. The number of rotatable bonds is 6. The van der Waals surface area contributed by atoms with Crippen LogP contribution in [0.2, 0.25) is 5.02 Å². The van der Waals surface area contributed by atoms with Gasteiger partial charge in [0.15, 0.2) is 0 Å². The molecule has 0 saturated heterocycles. The van der Waals surface area contributed by atoms with Crippen molar-refractivity contribution in [3.8, 4) is 0 Å². The van der Waals surface area contributed by atoms with Crippen molar-refractivity contribution in [2.45, 2.75) is 45.1 Å². The Morgan fingerprint density at radius 2 is 2.12 bits per heavy atom. The van der Waals surface area contributed by atoms with Crippen LogP contribution in [0.3, 0.4) is 0 Å². The molecule has 16 heavy (non-hydrogen) atoms. The molecule has 3 heteroatoms. The van der Waals surface area contributed by atoms with Crippen molar-refractivity contribution < 1.29 is 9.50 Å². The van der Waals surface area contributed by atoms with Crippen LogP contribution < -0.4 is 0 Å². The van der Waals surface area contributed by atoms with E-state index >= 15 is 0 Å². The van der Waals surface area contributed by atoms with Crippen molar-refractivity contribution >= 4 is 11.6 Å². The molecule has 1 aromatic rings. The van der Waals surface area contributed by atoms with Crippen LogP contribution >= 0.6 is 11.6 Å². The molecule has 1 aromatic carbocycles. The highest BCUT2D eigenvalue weighted by Gasteiger charge is 2.09. The van der Waals surface area contributed by atoms with Gasteiger partial charge in [-0.25, -0.2) is 4.39 Å². The molecule has 0 amide bonds. The van der Waals surface area contributed by atoms with Crippen LogP contribution in [-0.4, -0.2) is 11.2 Å². The highest BCUT2D eigenvalue weighted by Crippen LogP contribution is 2.17. The molecule has 0 saturated carbocycles. The van der Waals surface area contributed by atoms with Gasteiger partial charge in [0.1, 0.15) is 5.82 Å². The second kappa shape index (κ2) is 6.87. The molecule has 0 aliphatic heterocycles. The van der Waals surface area contributed by atoms with Crippen molar-refractivity contribution in [3.05, 3.63) is 34.6 Å². The SMILES string of the molecule is CCCCCC(O)Cc1ccc(Cl)cc1F. The first kappa shape index (κ1) is 13.5. The number of aliphatic hydroxyl groups excluding tert-OH is 1. The Morgan fingerprint density at radius 3 is 2.75 bits per heavy atom. The predicted octanol–water partition coefficient (Wildman–Crippen LogP) is 3.96. The number of benzene rings is 1. The summed E-state index contributed by atoms with van der Waals surface area (Å²) in [5, 5.41) is 10.1. The van der Waals surface area contributed by atoms with Gasteiger partial charge in [-0.05, 0) is 24.1 Å². The lowest BCUT2D eigenvalue weighted by atomic mass is 10.0. The molecule has 0 radical (unpaired) electrons. The van der Waals surface area contributed by atoms with Gasteiger partial charge in [-0.1, -0.05) is 43.9 Å². The smallest absolute Gasteiger partial charge is 0.127 e. The molecule has 0 aromatic heterocycles. The predicted molar refractivity (Wildman–Crippen MR) is 65.3 cm³/mol. The number of hydrogen-bond donors (Lipinski definition) is 1. The van der Waals surface area contributed by atoms with Gasteiger partial charge in [0.25, 0.3) is 0 Å². The van der Waals surface area contributed by atoms with Crippen LogP contribution in [0.1, 0.15) is 38.2 Å². The lowest BCUT2D eigenvalue weighted by molar-refractivity contribution is 0.160. The van der Waals surface area contributed by atoms with Crippen LogP contribution in [0.25, 0.3) is 0 Å². The summed E-state index contributed by atoms with van der Waals surface area (Å²) in [4.78, 5) is 0. The lowest BCUT2D eigenvalue weighted by Gasteiger charge is -2.11. The first-order valence-electron chi connectivity index (χ1n) is 5.75. The number of halogens is 2. The van der Waals surface area contributed by atoms with Crippen molar-refractivity contribution in [2.75, 3.05) is 0 Å². The van der Waals surface area contributed by atoms with Crippen molar-refractivity contribution in [2.24, 2.45) is 0 Å². The summed E-state index contributed by atoms with van der Waals surface area (Å²) in [7, 11) is 0. The molecule has 0 aliphatic rings. The molecular formula is C13H18ClFO. The maximum atomic E-state index is 13.4. The summed E-state index contributed by atoms with van der Waals surface area (Å²) in [6.07, 6.45) is 3.87. The van der Waals surface area contributed by atoms with E-state index in [-0.39, 0.29) is 5.82 Å². The third kappa shape index (κ3) is 4.50. The minimum absolute atomic E-state index is 0.331. The Balaban J connectivity index is 2.46. The summed E-state index contributed by atoms with van der Waals surface area (Å²) in [5.41, 5.74) is 0.536. The minimum Gasteiger partial charge on any atom is -0.393 e. The van der Waals surface area contributed by atoms with E-state index in [1.54, 1.807) is 12.1 Å². The lowest BCUT2D eigenvalue weighted by Crippen LogP contribution is -2.11. The molecule has 0 fully saturated rings. The minimum atomic E-state index is -0.456.